The second-order valence-electron chi connectivity index (χ2n) is 7.76. The minimum atomic E-state index is -0.431. The number of ether oxygens (including phenoxy) is 1. The monoisotopic (exact) mass is 415 g/mol. The molecule has 2 aliphatic rings. The van der Waals surface area contributed by atoms with Gasteiger partial charge < -0.3 is 20.3 Å². The second-order valence-corrected chi connectivity index (χ2v) is 7.76. The Kier molecular flexibility index (Phi) is 4.58. The molecule has 5 rings (SSSR count). The highest BCUT2D eigenvalue weighted by Crippen LogP contribution is 2.31. The van der Waals surface area contributed by atoms with Crippen LogP contribution in [0.25, 0.3) is 10.8 Å². The molecular weight excluding hydrogens is 394 g/mol. The molecule has 2 N–H and O–H groups in total. The van der Waals surface area contributed by atoms with Gasteiger partial charge in [0.15, 0.2) is 0 Å². The molecule has 0 spiro atoms. The van der Waals surface area contributed by atoms with Gasteiger partial charge in [0.05, 0.1) is 23.9 Å². The molecule has 0 unspecified atom stereocenters. The predicted molar refractivity (Wildman–Crippen MR) is 118 cm³/mol. The molecule has 1 fully saturated rings. The van der Waals surface area contributed by atoms with E-state index >= 15 is 0 Å². The van der Waals surface area contributed by atoms with Crippen molar-refractivity contribution in [1.82, 2.24) is 4.90 Å². The standard InChI is InChI=1S/C24H21N3O4/c1-31-21-12-15-6-3-2-5-14(15)11-18(21)22(28)25-16-8-9-19-17(13-16)24(30)27-10-4-7-20(27)23(29)26-19/h2-3,5-6,8-9,11-13,20H,4,7,10H2,1H3,(H,25,28)(H,26,29)/t20-/m0/s1. The summed E-state index contributed by atoms with van der Waals surface area (Å²) in [6.07, 6.45) is 1.47. The predicted octanol–water partition coefficient (Wildman–Crippen LogP) is 3.66. The second kappa shape index (κ2) is 7.43. The van der Waals surface area contributed by atoms with Gasteiger partial charge in [-0.05, 0) is 53.9 Å². The molecule has 0 bridgehead atoms. The molecule has 0 saturated carbocycles. The van der Waals surface area contributed by atoms with Crippen LogP contribution in [0.2, 0.25) is 0 Å². The van der Waals surface area contributed by atoms with Crippen molar-refractivity contribution < 1.29 is 19.1 Å². The van der Waals surface area contributed by atoms with Crippen molar-refractivity contribution in [3.05, 3.63) is 65.7 Å². The van der Waals surface area contributed by atoms with Crippen molar-refractivity contribution in [2.75, 3.05) is 24.3 Å². The zero-order valence-corrected chi connectivity index (χ0v) is 17.0. The van der Waals surface area contributed by atoms with Crippen LogP contribution in [-0.2, 0) is 4.79 Å². The van der Waals surface area contributed by atoms with Gasteiger partial charge in [-0.2, -0.15) is 0 Å². The lowest BCUT2D eigenvalue weighted by Gasteiger charge is -2.20. The molecule has 1 atom stereocenters. The van der Waals surface area contributed by atoms with Crippen molar-refractivity contribution in [3.8, 4) is 5.75 Å². The SMILES string of the molecule is COc1cc2ccccc2cc1C(=O)Nc1ccc2c(c1)C(=O)N1CCC[C@H]1C(=O)N2. The van der Waals surface area contributed by atoms with Gasteiger partial charge in [0.2, 0.25) is 5.91 Å². The van der Waals surface area contributed by atoms with Crippen molar-refractivity contribution in [2.24, 2.45) is 0 Å². The minimum Gasteiger partial charge on any atom is -0.496 e. The Hall–Kier alpha value is -3.87. The number of carbonyl (C=O) groups excluding carboxylic acids is 3. The molecule has 7 heteroatoms. The summed E-state index contributed by atoms with van der Waals surface area (Å²) in [6, 6.07) is 15.9. The largest absolute Gasteiger partial charge is 0.496 e. The lowest BCUT2D eigenvalue weighted by atomic mass is 10.0. The molecule has 156 valence electrons. The summed E-state index contributed by atoms with van der Waals surface area (Å²) in [6.45, 7) is 0.557. The van der Waals surface area contributed by atoms with Crippen molar-refractivity contribution in [1.29, 1.82) is 0 Å². The van der Waals surface area contributed by atoms with E-state index < -0.39 is 6.04 Å². The maximum Gasteiger partial charge on any atom is 0.259 e. The van der Waals surface area contributed by atoms with Crippen LogP contribution in [0.15, 0.2) is 54.6 Å². The highest BCUT2D eigenvalue weighted by atomic mass is 16.5. The van der Waals surface area contributed by atoms with E-state index in [9.17, 15) is 14.4 Å². The van der Waals surface area contributed by atoms with E-state index in [1.165, 1.54) is 7.11 Å². The first-order valence-electron chi connectivity index (χ1n) is 10.2. The summed E-state index contributed by atoms with van der Waals surface area (Å²) in [4.78, 5) is 40.1. The number of anilines is 2. The molecule has 0 aromatic heterocycles. The fourth-order valence-corrected chi connectivity index (χ4v) is 4.33. The van der Waals surface area contributed by atoms with Crippen LogP contribution in [0.1, 0.15) is 33.6 Å². The van der Waals surface area contributed by atoms with Crippen molar-refractivity contribution in [2.45, 2.75) is 18.9 Å². The summed E-state index contributed by atoms with van der Waals surface area (Å²) < 4.78 is 5.43. The minimum absolute atomic E-state index is 0.165. The number of benzene rings is 3. The van der Waals surface area contributed by atoms with Crippen molar-refractivity contribution >= 4 is 39.9 Å². The Morgan fingerprint density at radius 3 is 2.65 bits per heavy atom. The van der Waals surface area contributed by atoms with E-state index in [-0.39, 0.29) is 17.7 Å². The number of nitrogens with one attached hydrogen (secondary N) is 2. The van der Waals surface area contributed by atoms with E-state index in [2.05, 4.69) is 10.6 Å². The average molecular weight is 415 g/mol. The molecule has 7 nitrogen and oxygen atoms in total. The zero-order chi connectivity index (χ0) is 21.5. The van der Waals surface area contributed by atoms with Gasteiger partial charge in [0.1, 0.15) is 11.8 Å². The van der Waals surface area contributed by atoms with Gasteiger partial charge in [0, 0.05) is 12.2 Å². The summed E-state index contributed by atoms with van der Waals surface area (Å²) in [5.74, 6) is -0.238. The van der Waals surface area contributed by atoms with Gasteiger partial charge in [-0.25, -0.2) is 0 Å². The Morgan fingerprint density at radius 2 is 1.87 bits per heavy atom. The normalized spacial score (nSPS) is 17.6. The molecule has 0 radical (unpaired) electrons. The van der Waals surface area contributed by atoms with Crippen LogP contribution in [-0.4, -0.2) is 42.3 Å². The third-order valence-corrected chi connectivity index (χ3v) is 5.89. The number of fused-ring (bicyclic) bond motifs is 3. The average Bonchev–Trinajstić information content (AvgIpc) is 3.25. The number of hydrogen-bond donors (Lipinski definition) is 2. The van der Waals surface area contributed by atoms with E-state index in [1.54, 1.807) is 29.2 Å². The molecule has 2 heterocycles. The Bertz CT molecular complexity index is 1240. The lowest BCUT2D eigenvalue weighted by molar-refractivity contribution is -0.119. The van der Waals surface area contributed by atoms with Crippen LogP contribution in [0.5, 0.6) is 5.75 Å². The highest BCUT2D eigenvalue weighted by Gasteiger charge is 2.38. The number of amides is 3. The third-order valence-electron chi connectivity index (χ3n) is 5.89. The topological polar surface area (TPSA) is 87.7 Å². The number of nitrogens with zero attached hydrogens (tertiary/aromatic N) is 1. The highest BCUT2D eigenvalue weighted by molar-refractivity contribution is 6.12. The van der Waals surface area contributed by atoms with Gasteiger partial charge in [-0.3, -0.25) is 14.4 Å². The van der Waals surface area contributed by atoms with Crippen LogP contribution < -0.4 is 15.4 Å². The maximum atomic E-state index is 13.0. The first-order valence-corrected chi connectivity index (χ1v) is 10.2. The quantitative estimate of drug-likeness (QED) is 0.683. The molecule has 3 amide bonds. The van der Waals surface area contributed by atoms with Crippen molar-refractivity contribution in [3.63, 3.8) is 0 Å². The third kappa shape index (κ3) is 3.28. The smallest absolute Gasteiger partial charge is 0.259 e. The first kappa shape index (κ1) is 19.1. The van der Waals surface area contributed by atoms with E-state index in [1.807, 2.05) is 30.3 Å². The summed E-state index contributed by atoms with van der Waals surface area (Å²) >= 11 is 0. The Morgan fingerprint density at radius 1 is 1.10 bits per heavy atom. The van der Waals surface area contributed by atoms with Crippen LogP contribution in [0, 0.1) is 0 Å². The molecular formula is C24H21N3O4. The van der Waals surface area contributed by atoms with E-state index in [0.717, 1.165) is 17.2 Å². The van der Waals surface area contributed by atoms with E-state index in [0.29, 0.717) is 41.2 Å². The fraction of sp³-hybridized carbons (Fsp3) is 0.208. The maximum absolute atomic E-state index is 13.0. The molecule has 1 saturated heterocycles. The number of hydrogen-bond acceptors (Lipinski definition) is 4. The number of methoxy groups -OCH3 is 1. The summed E-state index contributed by atoms with van der Waals surface area (Å²) in [5, 5.41) is 7.60. The Balaban J connectivity index is 1.47. The van der Waals surface area contributed by atoms with Gasteiger partial charge in [0.25, 0.3) is 11.8 Å². The van der Waals surface area contributed by atoms with Crippen LogP contribution in [0.3, 0.4) is 0 Å². The first-order chi connectivity index (χ1) is 15.0. The Labute approximate surface area is 179 Å². The molecule has 0 aliphatic carbocycles. The summed E-state index contributed by atoms with van der Waals surface area (Å²) in [5.41, 5.74) is 1.71. The van der Waals surface area contributed by atoms with Gasteiger partial charge in [-0.15, -0.1) is 0 Å². The summed E-state index contributed by atoms with van der Waals surface area (Å²) in [7, 11) is 1.52. The number of rotatable bonds is 3. The van der Waals surface area contributed by atoms with Crippen LogP contribution >= 0.6 is 0 Å². The lowest BCUT2D eigenvalue weighted by Crippen LogP contribution is -2.40. The van der Waals surface area contributed by atoms with E-state index in [4.69, 9.17) is 4.74 Å². The molecule has 3 aromatic rings. The number of carbonyl (C=O) groups is 3. The van der Waals surface area contributed by atoms with Gasteiger partial charge >= 0.3 is 0 Å². The van der Waals surface area contributed by atoms with Gasteiger partial charge in [-0.1, -0.05) is 24.3 Å². The molecule has 2 aliphatic heterocycles. The molecule has 3 aromatic carbocycles. The van der Waals surface area contributed by atoms with Crippen LogP contribution in [0.4, 0.5) is 11.4 Å². The zero-order valence-electron chi connectivity index (χ0n) is 17.0. The molecule has 31 heavy (non-hydrogen) atoms. The fourth-order valence-electron chi connectivity index (χ4n) is 4.33.